The molecule has 1 aliphatic heterocycles. The van der Waals surface area contributed by atoms with Gasteiger partial charge < -0.3 is 5.11 Å². The van der Waals surface area contributed by atoms with E-state index in [1.165, 1.54) is 25.5 Å². The number of carbonyl (C=O) groups is 1. The molecule has 1 saturated heterocycles. The molecule has 0 spiro atoms. The Morgan fingerprint density at radius 1 is 1.47 bits per heavy atom. The lowest BCUT2D eigenvalue weighted by molar-refractivity contribution is 0.0115. The van der Waals surface area contributed by atoms with Crippen LogP contribution < -0.4 is 0 Å². The van der Waals surface area contributed by atoms with Crippen molar-refractivity contribution in [2.75, 3.05) is 13.1 Å². The molecule has 104 valence electrons. The van der Waals surface area contributed by atoms with Crippen LogP contribution in [-0.4, -0.2) is 50.1 Å². The Bertz CT molecular complexity index is 491. The molecule has 1 saturated carbocycles. The predicted molar refractivity (Wildman–Crippen MR) is 69.0 cm³/mol. The minimum absolute atomic E-state index is 0.0275. The van der Waals surface area contributed by atoms with Crippen LogP contribution in [0.3, 0.4) is 0 Å². The van der Waals surface area contributed by atoms with Crippen molar-refractivity contribution in [2.24, 2.45) is 5.41 Å². The van der Waals surface area contributed by atoms with Crippen LogP contribution in [0.5, 0.6) is 0 Å². The van der Waals surface area contributed by atoms with Gasteiger partial charge in [-0.3, -0.25) is 4.90 Å². The molecule has 1 aromatic rings. The van der Waals surface area contributed by atoms with E-state index < -0.39 is 5.97 Å². The lowest BCUT2D eigenvalue weighted by atomic mass is 9.84. The van der Waals surface area contributed by atoms with Gasteiger partial charge in [0.05, 0.1) is 12.2 Å². The number of aromatic nitrogens is 3. The smallest absolute Gasteiger partial charge is 0.358 e. The maximum atomic E-state index is 10.8. The highest BCUT2D eigenvalue weighted by atomic mass is 16.4. The fraction of sp³-hybridized carbons (Fsp3) is 0.769. The summed E-state index contributed by atoms with van der Waals surface area (Å²) in [7, 11) is 0. The minimum atomic E-state index is -1.01. The van der Waals surface area contributed by atoms with Crippen LogP contribution in [0, 0.1) is 5.41 Å². The molecule has 1 aliphatic carbocycles. The summed E-state index contributed by atoms with van der Waals surface area (Å²) in [5.41, 5.74) is 0.430. The Kier molecular flexibility index (Phi) is 2.85. The van der Waals surface area contributed by atoms with Crippen LogP contribution in [0.2, 0.25) is 0 Å². The van der Waals surface area contributed by atoms with Crippen LogP contribution in [0.15, 0.2) is 6.20 Å². The molecular weight excluding hydrogens is 244 g/mol. The number of nitrogens with zero attached hydrogens (tertiary/aromatic N) is 4. The van der Waals surface area contributed by atoms with Gasteiger partial charge in [0, 0.05) is 19.1 Å². The summed E-state index contributed by atoms with van der Waals surface area (Å²) in [5.74, 6) is -1.01. The summed E-state index contributed by atoms with van der Waals surface area (Å²) < 4.78 is 1.70. The Morgan fingerprint density at radius 2 is 2.21 bits per heavy atom. The van der Waals surface area contributed by atoms with E-state index in [1.54, 1.807) is 4.68 Å². The third-order valence-electron chi connectivity index (χ3n) is 4.64. The van der Waals surface area contributed by atoms with E-state index in [0.29, 0.717) is 11.5 Å². The third-order valence-corrected chi connectivity index (χ3v) is 4.64. The van der Waals surface area contributed by atoms with Gasteiger partial charge >= 0.3 is 5.97 Å². The number of carboxylic acid groups (broad SMARTS) is 1. The molecule has 6 nitrogen and oxygen atoms in total. The van der Waals surface area contributed by atoms with Crippen molar-refractivity contribution in [2.45, 2.75) is 45.2 Å². The zero-order chi connectivity index (χ0) is 13.6. The quantitative estimate of drug-likeness (QED) is 0.893. The largest absolute Gasteiger partial charge is 0.476 e. The first kappa shape index (κ1) is 12.6. The normalized spacial score (nSPS) is 27.4. The average molecular weight is 264 g/mol. The highest BCUT2D eigenvalue weighted by Crippen LogP contribution is 2.43. The van der Waals surface area contributed by atoms with Crippen molar-refractivity contribution in [3.05, 3.63) is 11.9 Å². The number of hydrogen-bond donors (Lipinski definition) is 1. The Hall–Kier alpha value is -1.43. The van der Waals surface area contributed by atoms with Gasteiger partial charge in [0.1, 0.15) is 0 Å². The molecule has 1 aromatic heterocycles. The van der Waals surface area contributed by atoms with E-state index in [2.05, 4.69) is 29.1 Å². The molecule has 2 fully saturated rings. The van der Waals surface area contributed by atoms with Crippen LogP contribution in [0.4, 0.5) is 0 Å². The van der Waals surface area contributed by atoms with Crippen LogP contribution >= 0.6 is 0 Å². The van der Waals surface area contributed by atoms with E-state index in [0.717, 1.165) is 13.1 Å². The highest BCUT2D eigenvalue weighted by molar-refractivity contribution is 5.84. The van der Waals surface area contributed by atoms with Gasteiger partial charge in [0.15, 0.2) is 5.69 Å². The van der Waals surface area contributed by atoms with Gasteiger partial charge in [-0.05, 0) is 18.3 Å². The number of rotatable bonds is 3. The fourth-order valence-corrected chi connectivity index (χ4v) is 3.45. The maximum absolute atomic E-state index is 10.8. The fourth-order valence-electron chi connectivity index (χ4n) is 3.45. The molecule has 6 heteroatoms. The standard InChI is InChI=1S/C13H20N4O2/c1-13(2)5-3-4-11(13)16-6-9(7-16)17-8-10(12(18)19)14-15-17/h8-9,11H,3-7H2,1-2H3,(H,18,19). The lowest BCUT2D eigenvalue weighted by Gasteiger charge is -2.47. The monoisotopic (exact) mass is 264 g/mol. The molecule has 0 bridgehead atoms. The number of carboxylic acids is 1. The van der Waals surface area contributed by atoms with Crippen molar-refractivity contribution in [1.82, 2.24) is 19.9 Å². The predicted octanol–water partition coefficient (Wildman–Crippen LogP) is 1.41. The minimum Gasteiger partial charge on any atom is -0.476 e. The van der Waals surface area contributed by atoms with Crippen molar-refractivity contribution in [3.8, 4) is 0 Å². The van der Waals surface area contributed by atoms with E-state index in [1.807, 2.05) is 0 Å². The SMILES string of the molecule is CC1(C)CCCC1N1CC(n2cc(C(=O)O)nn2)C1. The Balaban J connectivity index is 1.62. The van der Waals surface area contributed by atoms with Gasteiger partial charge in [-0.25, -0.2) is 9.48 Å². The first-order chi connectivity index (χ1) is 8.97. The molecule has 1 N–H and O–H groups in total. The summed E-state index contributed by atoms with van der Waals surface area (Å²) >= 11 is 0. The van der Waals surface area contributed by atoms with Crippen LogP contribution in [0.1, 0.15) is 49.6 Å². The van der Waals surface area contributed by atoms with Crippen molar-refractivity contribution in [3.63, 3.8) is 0 Å². The topological polar surface area (TPSA) is 71.2 Å². The average Bonchev–Trinajstić information content (AvgIpc) is 2.85. The van der Waals surface area contributed by atoms with Crippen molar-refractivity contribution in [1.29, 1.82) is 0 Å². The molecule has 2 aliphatic rings. The first-order valence-corrected chi connectivity index (χ1v) is 6.86. The number of hydrogen-bond acceptors (Lipinski definition) is 4. The van der Waals surface area contributed by atoms with Gasteiger partial charge in [0.2, 0.25) is 0 Å². The van der Waals surface area contributed by atoms with E-state index in [9.17, 15) is 4.79 Å². The molecule has 3 rings (SSSR count). The zero-order valence-electron chi connectivity index (χ0n) is 11.4. The van der Waals surface area contributed by atoms with E-state index in [4.69, 9.17) is 5.11 Å². The third kappa shape index (κ3) is 2.14. The second kappa shape index (κ2) is 4.30. The number of aromatic carboxylic acids is 1. The molecule has 2 heterocycles. The van der Waals surface area contributed by atoms with Gasteiger partial charge in [-0.15, -0.1) is 5.10 Å². The second-order valence-corrected chi connectivity index (χ2v) is 6.39. The highest BCUT2D eigenvalue weighted by Gasteiger charge is 2.43. The van der Waals surface area contributed by atoms with Crippen molar-refractivity contribution < 1.29 is 9.90 Å². The summed E-state index contributed by atoms with van der Waals surface area (Å²) in [5, 5.41) is 16.4. The van der Waals surface area contributed by atoms with Crippen LogP contribution in [-0.2, 0) is 0 Å². The molecule has 19 heavy (non-hydrogen) atoms. The zero-order valence-corrected chi connectivity index (χ0v) is 11.4. The Morgan fingerprint density at radius 3 is 2.74 bits per heavy atom. The van der Waals surface area contributed by atoms with E-state index >= 15 is 0 Å². The molecule has 1 unspecified atom stereocenters. The van der Waals surface area contributed by atoms with E-state index in [-0.39, 0.29) is 11.7 Å². The lowest BCUT2D eigenvalue weighted by Crippen LogP contribution is -2.55. The van der Waals surface area contributed by atoms with Gasteiger partial charge in [-0.1, -0.05) is 25.5 Å². The second-order valence-electron chi connectivity index (χ2n) is 6.39. The van der Waals surface area contributed by atoms with Gasteiger partial charge in [-0.2, -0.15) is 0 Å². The summed E-state index contributed by atoms with van der Waals surface area (Å²) in [6.07, 6.45) is 5.41. The molecule has 0 aromatic carbocycles. The molecular formula is C13H20N4O2. The summed E-state index contributed by atoms with van der Waals surface area (Å²) in [6, 6.07) is 0.934. The summed E-state index contributed by atoms with van der Waals surface area (Å²) in [6.45, 7) is 6.60. The van der Waals surface area contributed by atoms with Crippen LogP contribution in [0.25, 0.3) is 0 Å². The number of likely N-dealkylation sites (tertiary alicyclic amines) is 1. The maximum Gasteiger partial charge on any atom is 0.358 e. The van der Waals surface area contributed by atoms with Crippen molar-refractivity contribution >= 4 is 5.97 Å². The summed E-state index contributed by atoms with van der Waals surface area (Å²) in [4.78, 5) is 13.3. The first-order valence-electron chi connectivity index (χ1n) is 6.86. The van der Waals surface area contributed by atoms with Gasteiger partial charge in [0.25, 0.3) is 0 Å². The molecule has 0 amide bonds. The molecule has 1 atom stereocenters. The molecule has 0 radical (unpaired) electrons. The Labute approximate surface area is 112 Å².